The van der Waals surface area contributed by atoms with E-state index < -0.39 is 6.04 Å². The number of nitrogens with zero attached hydrogens (tertiary/aromatic N) is 2. The summed E-state index contributed by atoms with van der Waals surface area (Å²) in [6.45, 7) is 4.90. The highest BCUT2D eigenvalue weighted by atomic mass is 16.2. The second-order valence-electron chi connectivity index (χ2n) is 6.90. The highest BCUT2D eigenvalue weighted by Crippen LogP contribution is 2.26. The molecule has 0 bridgehead atoms. The van der Waals surface area contributed by atoms with E-state index in [4.69, 9.17) is 0 Å². The Morgan fingerprint density at radius 1 is 1.04 bits per heavy atom. The van der Waals surface area contributed by atoms with Gasteiger partial charge in [-0.3, -0.25) is 4.79 Å². The van der Waals surface area contributed by atoms with Crippen molar-refractivity contribution in [1.29, 1.82) is 0 Å². The van der Waals surface area contributed by atoms with E-state index in [1.807, 2.05) is 28.0 Å². The zero-order valence-corrected chi connectivity index (χ0v) is 14.4. The average Bonchev–Trinajstić information content (AvgIpc) is 3.13. The number of likely N-dealkylation sites (tertiary alicyclic amines) is 2. The summed E-state index contributed by atoms with van der Waals surface area (Å²) in [4.78, 5) is 28.6. The van der Waals surface area contributed by atoms with Gasteiger partial charge in [0, 0.05) is 32.1 Å². The molecule has 2 aliphatic heterocycles. The molecule has 0 saturated carbocycles. The Labute approximate surface area is 144 Å². The molecular weight excluding hydrogens is 302 g/mol. The predicted octanol–water partition coefficient (Wildman–Crippen LogP) is 2.59. The van der Waals surface area contributed by atoms with Crippen molar-refractivity contribution in [3.05, 3.63) is 35.9 Å². The van der Waals surface area contributed by atoms with Crippen molar-refractivity contribution in [2.75, 3.05) is 26.2 Å². The van der Waals surface area contributed by atoms with Gasteiger partial charge in [-0.2, -0.15) is 0 Å². The predicted molar refractivity (Wildman–Crippen MR) is 93.8 cm³/mol. The Kier molecular flexibility index (Phi) is 5.38. The molecule has 0 aromatic heterocycles. The minimum absolute atomic E-state index is 0.0434. The van der Waals surface area contributed by atoms with Gasteiger partial charge in [-0.15, -0.1) is 0 Å². The van der Waals surface area contributed by atoms with E-state index in [-0.39, 0.29) is 11.9 Å². The van der Waals surface area contributed by atoms with Crippen LogP contribution in [0.4, 0.5) is 4.79 Å². The molecule has 5 heteroatoms. The first-order chi connectivity index (χ1) is 11.6. The van der Waals surface area contributed by atoms with E-state index >= 15 is 0 Å². The number of rotatable bonds is 3. The van der Waals surface area contributed by atoms with Crippen molar-refractivity contribution in [1.82, 2.24) is 15.1 Å². The summed E-state index contributed by atoms with van der Waals surface area (Å²) in [6, 6.07) is 9.76. The van der Waals surface area contributed by atoms with Crippen LogP contribution in [0.3, 0.4) is 0 Å². The fraction of sp³-hybridized carbons (Fsp3) is 0.579. The molecule has 2 atom stereocenters. The van der Waals surface area contributed by atoms with Crippen molar-refractivity contribution in [3.8, 4) is 0 Å². The third-order valence-electron chi connectivity index (χ3n) is 5.12. The number of carbonyl (C=O) groups is 2. The lowest BCUT2D eigenvalue weighted by Crippen LogP contribution is -2.51. The second-order valence-corrected chi connectivity index (χ2v) is 6.90. The topological polar surface area (TPSA) is 52.7 Å². The average molecular weight is 329 g/mol. The number of amides is 3. The molecule has 2 saturated heterocycles. The molecule has 0 spiro atoms. The monoisotopic (exact) mass is 329 g/mol. The van der Waals surface area contributed by atoms with Crippen LogP contribution in [0.1, 0.15) is 44.1 Å². The number of benzene rings is 1. The van der Waals surface area contributed by atoms with Gasteiger partial charge in [0.1, 0.15) is 6.04 Å². The van der Waals surface area contributed by atoms with E-state index in [0.29, 0.717) is 5.92 Å². The number of hydrogen-bond acceptors (Lipinski definition) is 2. The zero-order valence-electron chi connectivity index (χ0n) is 14.4. The Bertz CT molecular complexity index is 569. The molecule has 0 unspecified atom stereocenters. The van der Waals surface area contributed by atoms with Crippen molar-refractivity contribution in [3.63, 3.8) is 0 Å². The quantitative estimate of drug-likeness (QED) is 0.927. The lowest BCUT2D eigenvalue weighted by atomic mass is 9.99. The summed E-state index contributed by atoms with van der Waals surface area (Å²) in [5.41, 5.74) is 1.28. The standard InChI is InChI=1S/C19H27N3O2/c1-15(18(23)21-11-6-3-7-12-21)20-19(24)22-13-10-17(14-22)16-8-4-2-5-9-16/h2,4-5,8-9,15,17H,3,6-7,10-14H2,1H3,(H,20,24)/t15-,17+/m0/s1. The van der Waals surface area contributed by atoms with Crippen molar-refractivity contribution >= 4 is 11.9 Å². The maximum Gasteiger partial charge on any atom is 0.318 e. The molecule has 0 aliphatic carbocycles. The van der Waals surface area contributed by atoms with Crippen LogP contribution in [-0.4, -0.2) is 54.0 Å². The summed E-state index contributed by atoms with van der Waals surface area (Å²) >= 11 is 0. The van der Waals surface area contributed by atoms with Crippen LogP contribution < -0.4 is 5.32 Å². The summed E-state index contributed by atoms with van der Waals surface area (Å²) in [5.74, 6) is 0.437. The van der Waals surface area contributed by atoms with Gasteiger partial charge in [0.05, 0.1) is 0 Å². The van der Waals surface area contributed by atoms with Crippen LogP contribution in [-0.2, 0) is 4.79 Å². The molecule has 2 fully saturated rings. The van der Waals surface area contributed by atoms with Crippen LogP contribution in [0.5, 0.6) is 0 Å². The SMILES string of the molecule is C[C@H](NC(=O)N1CC[C@@H](c2ccccc2)C1)C(=O)N1CCCCC1. The minimum Gasteiger partial charge on any atom is -0.341 e. The van der Waals surface area contributed by atoms with E-state index in [2.05, 4.69) is 17.4 Å². The molecular formula is C19H27N3O2. The maximum absolute atomic E-state index is 12.5. The number of carbonyl (C=O) groups excluding carboxylic acids is 2. The molecule has 0 radical (unpaired) electrons. The molecule has 5 nitrogen and oxygen atoms in total. The molecule has 1 N–H and O–H groups in total. The summed E-state index contributed by atoms with van der Waals surface area (Å²) in [6.07, 6.45) is 4.31. The van der Waals surface area contributed by atoms with Crippen LogP contribution in [0, 0.1) is 0 Å². The summed E-state index contributed by atoms with van der Waals surface area (Å²) < 4.78 is 0. The lowest BCUT2D eigenvalue weighted by Gasteiger charge is -2.30. The number of nitrogens with one attached hydrogen (secondary N) is 1. The van der Waals surface area contributed by atoms with Crippen LogP contribution in [0.2, 0.25) is 0 Å². The molecule has 3 rings (SSSR count). The van der Waals surface area contributed by atoms with Gasteiger partial charge in [0.15, 0.2) is 0 Å². The Hall–Kier alpha value is -2.04. The number of urea groups is 1. The van der Waals surface area contributed by atoms with E-state index in [0.717, 1.165) is 45.4 Å². The molecule has 24 heavy (non-hydrogen) atoms. The largest absolute Gasteiger partial charge is 0.341 e. The van der Waals surface area contributed by atoms with Crippen LogP contribution >= 0.6 is 0 Å². The maximum atomic E-state index is 12.5. The molecule has 1 aromatic rings. The zero-order chi connectivity index (χ0) is 16.9. The minimum atomic E-state index is -0.452. The first-order valence-corrected chi connectivity index (χ1v) is 9.04. The van der Waals surface area contributed by atoms with Gasteiger partial charge in [-0.05, 0) is 38.2 Å². The van der Waals surface area contributed by atoms with Crippen LogP contribution in [0.25, 0.3) is 0 Å². The first-order valence-electron chi connectivity index (χ1n) is 9.04. The summed E-state index contributed by atoms with van der Waals surface area (Å²) in [5, 5.41) is 2.89. The number of hydrogen-bond donors (Lipinski definition) is 1. The fourth-order valence-electron chi connectivity index (χ4n) is 3.67. The summed E-state index contributed by atoms with van der Waals surface area (Å²) in [7, 11) is 0. The Morgan fingerprint density at radius 2 is 1.75 bits per heavy atom. The van der Waals surface area contributed by atoms with Gasteiger partial charge in [-0.25, -0.2) is 4.79 Å². The highest BCUT2D eigenvalue weighted by molar-refractivity contribution is 5.86. The molecule has 3 amide bonds. The van der Waals surface area contributed by atoms with E-state index in [9.17, 15) is 9.59 Å². The Morgan fingerprint density at radius 3 is 2.46 bits per heavy atom. The molecule has 1 aromatic carbocycles. The van der Waals surface area contributed by atoms with Gasteiger partial charge in [0.25, 0.3) is 0 Å². The first kappa shape index (κ1) is 16.8. The van der Waals surface area contributed by atoms with Crippen LogP contribution in [0.15, 0.2) is 30.3 Å². The molecule has 2 heterocycles. The van der Waals surface area contributed by atoms with Crippen molar-refractivity contribution < 1.29 is 9.59 Å². The van der Waals surface area contributed by atoms with Gasteiger partial charge >= 0.3 is 6.03 Å². The smallest absolute Gasteiger partial charge is 0.318 e. The van der Waals surface area contributed by atoms with Gasteiger partial charge in [0.2, 0.25) is 5.91 Å². The van der Waals surface area contributed by atoms with Gasteiger partial charge in [-0.1, -0.05) is 30.3 Å². The lowest BCUT2D eigenvalue weighted by molar-refractivity contribution is -0.133. The highest BCUT2D eigenvalue weighted by Gasteiger charge is 2.30. The normalized spacial score (nSPS) is 22.3. The second kappa shape index (κ2) is 7.69. The molecule has 130 valence electrons. The van der Waals surface area contributed by atoms with Gasteiger partial charge < -0.3 is 15.1 Å². The fourth-order valence-corrected chi connectivity index (χ4v) is 3.67. The van der Waals surface area contributed by atoms with Crippen molar-refractivity contribution in [2.24, 2.45) is 0 Å². The molecule has 2 aliphatic rings. The van der Waals surface area contributed by atoms with E-state index in [1.165, 1.54) is 12.0 Å². The van der Waals surface area contributed by atoms with Crippen molar-refractivity contribution in [2.45, 2.75) is 44.6 Å². The number of piperidine rings is 1. The van der Waals surface area contributed by atoms with E-state index in [1.54, 1.807) is 6.92 Å². The third kappa shape index (κ3) is 3.89. The third-order valence-corrected chi connectivity index (χ3v) is 5.12. The Balaban J connectivity index is 1.51.